The van der Waals surface area contributed by atoms with E-state index in [0.717, 1.165) is 0 Å². The summed E-state index contributed by atoms with van der Waals surface area (Å²) in [5.74, 6) is 0.0216. The molecule has 1 unspecified atom stereocenters. The Balaban J connectivity index is 1.59. The van der Waals surface area contributed by atoms with Crippen LogP contribution in [-0.2, 0) is 27.1 Å². The number of hydrogen-bond acceptors (Lipinski definition) is 4. The first-order valence-electron chi connectivity index (χ1n) is 10.6. The van der Waals surface area contributed by atoms with Gasteiger partial charge in [-0.1, -0.05) is 52.6 Å². The Morgan fingerprint density at radius 2 is 1.70 bits per heavy atom. The highest BCUT2D eigenvalue weighted by atomic mass is 35.5. The van der Waals surface area contributed by atoms with Gasteiger partial charge in [-0.25, -0.2) is 4.39 Å². The number of likely N-dealkylation sites (tertiary alicyclic amines) is 1. The number of hydrogen-bond donors (Lipinski definition) is 0. The summed E-state index contributed by atoms with van der Waals surface area (Å²) < 4.78 is 98.1. The Bertz CT molecular complexity index is 1250. The van der Waals surface area contributed by atoms with E-state index in [9.17, 15) is 31.1 Å². The predicted octanol–water partition coefficient (Wildman–Crippen LogP) is 6.96. The Kier molecular flexibility index (Phi) is 7.17. The number of rotatable bonds is 5. The quantitative estimate of drug-likeness (QED) is 0.354. The summed E-state index contributed by atoms with van der Waals surface area (Å²) in [6.45, 7) is -0.294. The summed E-state index contributed by atoms with van der Waals surface area (Å²) in [5.41, 5.74) is -7.33. The topological polar surface area (TPSA) is 41.9 Å². The number of amides is 1. The summed E-state index contributed by atoms with van der Waals surface area (Å²) in [7, 11) is 0. The van der Waals surface area contributed by atoms with Gasteiger partial charge in [0.25, 0.3) is 5.60 Å². The highest BCUT2D eigenvalue weighted by Gasteiger charge is 2.63. The zero-order chi connectivity index (χ0) is 27.4. The average molecular weight is 589 g/mol. The number of oxime groups is 1. The highest BCUT2D eigenvalue weighted by Crippen LogP contribution is 2.51. The van der Waals surface area contributed by atoms with E-state index in [1.807, 2.05) is 0 Å². The fraction of sp³-hybridized carbons (Fsp3) is 0.391. The van der Waals surface area contributed by atoms with Crippen molar-refractivity contribution in [3.63, 3.8) is 0 Å². The number of carbonyl (C=O) groups excluding carboxylic acids is 1. The molecule has 1 atom stereocenters. The van der Waals surface area contributed by atoms with Crippen molar-refractivity contribution in [2.45, 2.75) is 30.0 Å². The predicted molar refractivity (Wildman–Crippen MR) is 126 cm³/mol. The van der Waals surface area contributed by atoms with Gasteiger partial charge in [0.05, 0.1) is 40.2 Å². The normalized spacial score (nSPS) is 21.4. The van der Waals surface area contributed by atoms with Crippen molar-refractivity contribution < 1.29 is 40.4 Å². The van der Waals surface area contributed by atoms with Gasteiger partial charge in [0.1, 0.15) is 0 Å². The van der Waals surface area contributed by atoms with E-state index in [0.29, 0.717) is 6.07 Å². The molecular formula is C23H17Cl2F7N2O2S. The molecule has 14 heteroatoms. The fourth-order valence-electron chi connectivity index (χ4n) is 4.18. The smallest absolute Gasteiger partial charge is 0.374 e. The van der Waals surface area contributed by atoms with Crippen LogP contribution in [0.25, 0.3) is 0 Å². The lowest BCUT2D eigenvalue weighted by Crippen LogP contribution is -2.59. The van der Waals surface area contributed by atoms with Gasteiger partial charge < -0.3 is 9.74 Å². The van der Waals surface area contributed by atoms with E-state index in [1.54, 1.807) is 6.26 Å². The Morgan fingerprint density at radius 1 is 1.08 bits per heavy atom. The van der Waals surface area contributed by atoms with Crippen molar-refractivity contribution in [3.8, 4) is 0 Å². The Hall–Kier alpha value is -2.18. The van der Waals surface area contributed by atoms with Gasteiger partial charge in [0, 0.05) is 12.0 Å². The van der Waals surface area contributed by atoms with Crippen LogP contribution in [0.3, 0.4) is 0 Å². The largest absolute Gasteiger partial charge is 0.435 e. The molecule has 4 nitrogen and oxygen atoms in total. The number of carbonyl (C=O) groups is 1. The number of alkyl halides is 7. The number of nitrogens with zero attached hydrogens (tertiary/aromatic N) is 2. The molecule has 2 heterocycles. The zero-order valence-electron chi connectivity index (χ0n) is 18.8. The van der Waals surface area contributed by atoms with Crippen LogP contribution in [0.5, 0.6) is 0 Å². The molecule has 2 aromatic rings. The molecule has 0 saturated carbocycles. The van der Waals surface area contributed by atoms with Crippen molar-refractivity contribution in [1.82, 2.24) is 4.90 Å². The third-order valence-corrected chi connectivity index (χ3v) is 7.56. The third-order valence-electron chi connectivity index (χ3n) is 6.22. The molecule has 2 aliphatic heterocycles. The van der Waals surface area contributed by atoms with E-state index in [4.69, 9.17) is 28.0 Å². The first kappa shape index (κ1) is 27.8. The second-order valence-corrected chi connectivity index (χ2v) is 10.3. The van der Waals surface area contributed by atoms with Gasteiger partial charge in [-0.3, -0.25) is 4.79 Å². The van der Waals surface area contributed by atoms with Gasteiger partial charge in [0.2, 0.25) is 5.91 Å². The summed E-state index contributed by atoms with van der Waals surface area (Å²) >= 11 is 12.7. The molecule has 200 valence electrons. The number of benzene rings is 2. The van der Waals surface area contributed by atoms with Crippen LogP contribution in [0.15, 0.2) is 41.6 Å². The first-order chi connectivity index (χ1) is 17.1. The number of halogens is 9. The molecule has 4 rings (SSSR count). The van der Waals surface area contributed by atoms with Crippen molar-refractivity contribution in [3.05, 3.63) is 68.7 Å². The van der Waals surface area contributed by atoms with Crippen molar-refractivity contribution in [2.75, 3.05) is 25.1 Å². The van der Waals surface area contributed by atoms with Gasteiger partial charge in [0.15, 0.2) is 5.67 Å². The van der Waals surface area contributed by atoms with E-state index in [2.05, 4.69) is 5.16 Å². The van der Waals surface area contributed by atoms with Crippen molar-refractivity contribution >= 4 is 46.6 Å². The second kappa shape index (κ2) is 9.53. The van der Waals surface area contributed by atoms with Gasteiger partial charge >= 0.3 is 12.4 Å². The highest BCUT2D eigenvalue weighted by molar-refractivity contribution is 7.99. The van der Waals surface area contributed by atoms with Crippen LogP contribution in [-0.4, -0.2) is 47.8 Å². The minimum absolute atomic E-state index is 0.147. The van der Waals surface area contributed by atoms with Gasteiger partial charge in [-0.15, -0.1) is 0 Å². The van der Waals surface area contributed by atoms with E-state index in [-0.39, 0.29) is 47.7 Å². The molecule has 1 amide bonds. The Labute approximate surface area is 220 Å². The zero-order valence-corrected chi connectivity index (χ0v) is 21.1. The molecule has 1 fully saturated rings. The SMILES string of the molecule is CSCC(=O)N1CC(F)(c2ccc(C3=NOC(c4cc(Cl)c(Cl)c(C(F)(F)F)c4)(C(F)(F)F)C3)cc2)C1. The van der Waals surface area contributed by atoms with E-state index >= 15 is 4.39 Å². The summed E-state index contributed by atoms with van der Waals surface area (Å²) in [6.07, 6.45) is -9.46. The van der Waals surface area contributed by atoms with Gasteiger partial charge in [-0.05, 0) is 29.5 Å². The van der Waals surface area contributed by atoms with Gasteiger partial charge in [-0.2, -0.15) is 38.1 Å². The summed E-state index contributed by atoms with van der Waals surface area (Å²) in [5, 5.41) is 1.86. The van der Waals surface area contributed by atoms with Crippen LogP contribution < -0.4 is 0 Å². The van der Waals surface area contributed by atoms with E-state index in [1.165, 1.54) is 40.9 Å². The molecule has 0 radical (unpaired) electrons. The maximum absolute atomic E-state index is 15.2. The molecule has 0 spiro atoms. The first-order valence-corrected chi connectivity index (χ1v) is 12.7. The molecule has 0 aliphatic carbocycles. The summed E-state index contributed by atoms with van der Waals surface area (Å²) in [4.78, 5) is 18.0. The molecular weight excluding hydrogens is 572 g/mol. The average Bonchev–Trinajstić information content (AvgIpc) is 3.25. The maximum Gasteiger partial charge on any atom is 0.435 e. The molecule has 0 N–H and O–H groups in total. The van der Waals surface area contributed by atoms with Crippen LogP contribution in [0.2, 0.25) is 10.0 Å². The van der Waals surface area contributed by atoms with Crippen LogP contribution in [0, 0.1) is 0 Å². The van der Waals surface area contributed by atoms with Crippen LogP contribution in [0.1, 0.15) is 28.7 Å². The molecule has 1 saturated heterocycles. The minimum atomic E-state index is -5.18. The lowest BCUT2D eigenvalue weighted by atomic mass is 9.84. The maximum atomic E-state index is 15.2. The number of thioether (sulfide) groups is 1. The van der Waals surface area contributed by atoms with Crippen molar-refractivity contribution in [2.24, 2.45) is 5.16 Å². The van der Waals surface area contributed by atoms with E-state index < -0.39 is 51.2 Å². The Morgan fingerprint density at radius 3 is 2.24 bits per heavy atom. The summed E-state index contributed by atoms with van der Waals surface area (Å²) in [6, 6.07) is 6.32. The standard InChI is InChI=1S/C23H17Cl2F7N2O2S/c1-37-9-18(35)34-10-20(26,11-34)13-4-2-12(3-5-13)17-8-21(36-33-17,23(30,31)32)14-6-15(22(27,28)29)19(25)16(24)7-14/h2-7H,8-11H2,1H3. The molecule has 2 aliphatic rings. The van der Waals surface area contributed by atoms with Crippen molar-refractivity contribution in [1.29, 1.82) is 0 Å². The lowest BCUT2D eigenvalue weighted by molar-refractivity contribution is -0.276. The second-order valence-electron chi connectivity index (χ2n) is 8.67. The minimum Gasteiger partial charge on any atom is -0.374 e. The third kappa shape index (κ3) is 4.99. The fourth-order valence-corrected chi connectivity index (χ4v) is 5.05. The van der Waals surface area contributed by atoms with Crippen LogP contribution in [0.4, 0.5) is 30.7 Å². The lowest BCUT2D eigenvalue weighted by Gasteiger charge is -2.44. The molecule has 2 aromatic carbocycles. The molecule has 0 aromatic heterocycles. The molecule has 0 bridgehead atoms. The monoisotopic (exact) mass is 588 g/mol. The molecule has 37 heavy (non-hydrogen) atoms. The van der Waals surface area contributed by atoms with Crippen LogP contribution >= 0.6 is 35.0 Å².